The molecule has 0 spiro atoms. The topological polar surface area (TPSA) is 55.8 Å². The zero-order chi connectivity index (χ0) is 9.73. The number of rotatable bonds is 5. The lowest BCUT2D eigenvalue weighted by Crippen LogP contribution is -2.07. The average molecular weight is 206 g/mol. The van der Waals surface area contributed by atoms with Gasteiger partial charge in [-0.05, 0) is 19.3 Å². The van der Waals surface area contributed by atoms with Crippen LogP contribution in [0.4, 0.5) is 0 Å². The van der Waals surface area contributed by atoms with E-state index in [2.05, 4.69) is 0 Å². The van der Waals surface area contributed by atoms with Gasteiger partial charge in [0, 0.05) is 0 Å². The van der Waals surface area contributed by atoms with E-state index in [0.717, 1.165) is 0 Å². The van der Waals surface area contributed by atoms with Crippen LogP contribution < -0.4 is 0 Å². The maximum atomic E-state index is 11.2. The molecule has 0 radical (unpaired) electrons. The minimum atomic E-state index is -3.80. The molecule has 0 saturated carbocycles. The predicted octanol–water partition coefficient (Wildman–Crippen LogP) is 2.25. The van der Waals surface area contributed by atoms with Gasteiger partial charge in [0.1, 0.15) is 0 Å². The molecule has 0 aromatic carbocycles. The van der Waals surface area contributed by atoms with Gasteiger partial charge in [0.05, 0.1) is 12.7 Å². The highest BCUT2D eigenvalue weighted by atomic mass is 31.2. The standard InChI is InChI=1S/C8H15O4P/c1-2-7-11-13(9,10)12-8-5-3-4-6-8/h3-4,8H,2,5-7H2,1H3,(H,9,10). The second kappa shape index (κ2) is 4.91. The molecule has 0 heterocycles. The van der Waals surface area contributed by atoms with Gasteiger partial charge in [-0.2, -0.15) is 0 Å². The van der Waals surface area contributed by atoms with Crippen LogP contribution in [-0.2, 0) is 13.6 Å². The van der Waals surface area contributed by atoms with Gasteiger partial charge in [-0.15, -0.1) is 0 Å². The third kappa shape index (κ3) is 4.05. The summed E-state index contributed by atoms with van der Waals surface area (Å²) >= 11 is 0. The van der Waals surface area contributed by atoms with Gasteiger partial charge in [0.25, 0.3) is 0 Å². The first-order valence-corrected chi connectivity index (χ1v) is 5.94. The molecule has 1 aliphatic rings. The van der Waals surface area contributed by atoms with Crippen LogP contribution in [0.2, 0.25) is 0 Å². The van der Waals surface area contributed by atoms with E-state index < -0.39 is 7.82 Å². The van der Waals surface area contributed by atoms with Crippen molar-refractivity contribution < 1.29 is 18.5 Å². The van der Waals surface area contributed by atoms with Gasteiger partial charge in [0.2, 0.25) is 0 Å². The largest absolute Gasteiger partial charge is 0.472 e. The van der Waals surface area contributed by atoms with Crippen LogP contribution in [0.1, 0.15) is 26.2 Å². The molecule has 1 atom stereocenters. The molecule has 76 valence electrons. The van der Waals surface area contributed by atoms with Crippen LogP contribution in [0.3, 0.4) is 0 Å². The molecule has 4 nitrogen and oxygen atoms in total. The Kier molecular flexibility index (Phi) is 4.13. The van der Waals surface area contributed by atoms with Crippen molar-refractivity contribution in [3.8, 4) is 0 Å². The molecule has 13 heavy (non-hydrogen) atoms. The summed E-state index contributed by atoms with van der Waals surface area (Å²) in [4.78, 5) is 9.19. The molecular formula is C8H15O4P. The Morgan fingerprint density at radius 3 is 2.69 bits per heavy atom. The molecule has 1 unspecified atom stereocenters. The summed E-state index contributed by atoms with van der Waals surface area (Å²) in [5.74, 6) is 0. The second-order valence-corrected chi connectivity index (χ2v) is 4.38. The van der Waals surface area contributed by atoms with Crippen molar-refractivity contribution in [2.75, 3.05) is 6.61 Å². The first-order valence-electron chi connectivity index (χ1n) is 4.45. The van der Waals surface area contributed by atoms with E-state index in [1.54, 1.807) is 0 Å². The minimum Gasteiger partial charge on any atom is -0.302 e. The van der Waals surface area contributed by atoms with Gasteiger partial charge in [-0.25, -0.2) is 4.57 Å². The maximum absolute atomic E-state index is 11.2. The molecule has 1 N–H and O–H groups in total. The number of hydrogen-bond donors (Lipinski definition) is 1. The van der Waals surface area contributed by atoms with E-state index in [-0.39, 0.29) is 12.7 Å². The zero-order valence-corrected chi connectivity index (χ0v) is 8.57. The van der Waals surface area contributed by atoms with Gasteiger partial charge >= 0.3 is 7.82 Å². The maximum Gasteiger partial charge on any atom is 0.472 e. The van der Waals surface area contributed by atoms with Crippen LogP contribution >= 0.6 is 7.82 Å². The molecule has 1 aliphatic carbocycles. The highest BCUT2D eigenvalue weighted by Crippen LogP contribution is 2.46. The third-order valence-electron chi connectivity index (χ3n) is 1.71. The molecule has 5 heteroatoms. The summed E-state index contributed by atoms with van der Waals surface area (Å²) in [6.07, 6.45) is 5.78. The van der Waals surface area contributed by atoms with Gasteiger partial charge in [-0.1, -0.05) is 19.1 Å². The van der Waals surface area contributed by atoms with Crippen molar-refractivity contribution in [3.05, 3.63) is 12.2 Å². The first-order chi connectivity index (χ1) is 6.14. The van der Waals surface area contributed by atoms with E-state index >= 15 is 0 Å². The lowest BCUT2D eigenvalue weighted by Gasteiger charge is -2.15. The normalized spacial score (nSPS) is 22.0. The summed E-state index contributed by atoms with van der Waals surface area (Å²) < 4.78 is 20.8. The van der Waals surface area contributed by atoms with E-state index in [9.17, 15) is 9.46 Å². The summed E-state index contributed by atoms with van der Waals surface area (Å²) in [7, 11) is -3.80. The van der Waals surface area contributed by atoms with E-state index in [0.29, 0.717) is 19.3 Å². The van der Waals surface area contributed by atoms with Crippen LogP contribution in [0.25, 0.3) is 0 Å². The Morgan fingerprint density at radius 2 is 2.15 bits per heavy atom. The SMILES string of the molecule is CCCOP(=O)(O)OC1CC=CC1. The molecule has 0 fully saturated rings. The Balaban J connectivity index is 2.28. The lowest BCUT2D eigenvalue weighted by atomic mass is 10.3. The molecule has 1 rings (SSSR count). The summed E-state index contributed by atoms with van der Waals surface area (Å²) in [5, 5.41) is 0. The van der Waals surface area contributed by atoms with Crippen LogP contribution in [0.15, 0.2) is 12.2 Å². The Bertz CT molecular complexity index is 218. The van der Waals surface area contributed by atoms with Crippen molar-refractivity contribution >= 4 is 7.82 Å². The summed E-state index contributed by atoms with van der Waals surface area (Å²) in [5.41, 5.74) is 0. The molecule has 0 aromatic rings. The second-order valence-electron chi connectivity index (χ2n) is 2.97. The quantitative estimate of drug-likeness (QED) is 0.553. The lowest BCUT2D eigenvalue weighted by molar-refractivity contribution is 0.110. The molecule has 0 amide bonds. The van der Waals surface area contributed by atoms with E-state index in [1.165, 1.54) is 0 Å². The monoisotopic (exact) mass is 206 g/mol. The van der Waals surface area contributed by atoms with Crippen molar-refractivity contribution in [2.45, 2.75) is 32.3 Å². The number of hydrogen-bond acceptors (Lipinski definition) is 3. The molecule has 0 aromatic heterocycles. The van der Waals surface area contributed by atoms with Gasteiger partial charge in [0.15, 0.2) is 0 Å². The molecule has 0 bridgehead atoms. The minimum absolute atomic E-state index is 0.187. The predicted molar refractivity (Wildman–Crippen MR) is 49.3 cm³/mol. The highest BCUT2D eigenvalue weighted by Gasteiger charge is 2.26. The van der Waals surface area contributed by atoms with Crippen LogP contribution in [-0.4, -0.2) is 17.6 Å². The van der Waals surface area contributed by atoms with Crippen molar-refractivity contribution in [1.29, 1.82) is 0 Å². The van der Waals surface area contributed by atoms with Crippen LogP contribution in [0, 0.1) is 0 Å². The van der Waals surface area contributed by atoms with Crippen molar-refractivity contribution in [3.63, 3.8) is 0 Å². The van der Waals surface area contributed by atoms with Crippen molar-refractivity contribution in [1.82, 2.24) is 0 Å². The Hall–Kier alpha value is -0.150. The fraction of sp³-hybridized carbons (Fsp3) is 0.750. The van der Waals surface area contributed by atoms with E-state index in [4.69, 9.17) is 9.05 Å². The molecular weight excluding hydrogens is 191 g/mol. The summed E-state index contributed by atoms with van der Waals surface area (Å²) in [6, 6.07) is 0. The van der Waals surface area contributed by atoms with Crippen LogP contribution in [0.5, 0.6) is 0 Å². The average Bonchev–Trinajstić information content (AvgIpc) is 2.52. The van der Waals surface area contributed by atoms with E-state index in [1.807, 2.05) is 19.1 Å². The van der Waals surface area contributed by atoms with Crippen molar-refractivity contribution in [2.24, 2.45) is 0 Å². The highest BCUT2D eigenvalue weighted by molar-refractivity contribution is 7.47. The fourth-order valence-electron chi connectivity index (χ4n) is 1.10. The number of phosphoric ester groups is 1. The van der Waals surface area contributed by atoms with Gasteiger partial charge in [-0.3, -0.25) is 9.05 Å². The molecule has 0 saturated heterocycles. The third-order valence-corrected chi connectivity index (χ3v) is 2.78. The number of phosphoric acid groups is 1. The smallest absolute Gasteiger partial charge is 0.302 e. The summed E-state index contributed by atoms with van der Waals surface area (Å²) in [6.45, 7) is 2.13. The fourth-order valence-corrected chi connectivity index (χ4v) is 2.13. The zero-order valence-electron chi connectivity index (χ0n) is 7.68. The van der Waals surface area contributed by atoms with Gasteiger partial charge < -0.3 is 4.89 Å². The molecule has 0 aliphatic heterocycles. The Morgan fingerprint density at radius 1 is 1.54 bits per heavy atom. The first kappa shape index (κ1) is 10.9. The Labute approximate surface area is 78.2 Å².